The van der Waals surface area contributed by atoms with Crippen LogP contribution in [0.2, 0.25) is 0 Å². The lowest BCUT2D eigenvalue weighted by molar-refractivity contribution is -0.133. The average molecular weight is 353 g/mol. The topological polar surface area (TPSA) is 63.1 Å². The third-order valence-corrected chi connectivity index (χ3v) is 5.65. The van der Waals surface area contributed by atoms with Crippen molar-refractivity contribution in [1.82, 2.24) is 25.2 Å². The Morgan fingerprint density at radius 1 is 1.31 bits per heavy atom. The number of nitrogens with zero attached hydrogens (tertiary/aromatic N) is 4. The van der Waals surface area contributed by atoms with E-state index in [4.69, 9.17) is 0 Å². The third kappa shape index (κ3) is 3.51. The fourth-order valence-electron chi connectivity index (χ4n) is 4.36. The van der Waals surface area contributed by atoms with E-state index in [9.17, 15) is 4.79 Å². The summed E-state index contributed by atoms with van der Waals surface area (Å²) in [5.41, 5.74) is 2.00. The highest BCUT2D eigenvalue weighted by Gasteiger charge is 2.43. The van der Waals surface area contributed by atoms with Crippen LogP contribution >= 0.6 is 0 Å². The first kappa shape index (κ1) is 17.2. The summed E-state index contributed by atoms with van der Waals surface area (Å²) < 4.78 is 1.96. The van der Waals surface area contributed by atoms with Crippen LogP contribution in [-0.4, -0.2) is 51.0 Å². The van der Waals surface area contributed by atoms with E-state index in [1.165, 1.54) is 0 Å². The number of aromatic nitrogens is 3. The van der Waals surface area contributed by atoms with Gasteiger partial charge in [-0.05, 0) is 39.2 Å². The molecule has 1 aromatic carbocycles. The number of nitrogens with one attached hydrogen (secondary N) is 1. The molecule has 6 nitrogen and oxygen atoms in total. The van der Waals surface area contributed by atoms with Crippen molar-refractivity contribution < 1.29 is 4.79 Å². The SMILES string of the molecule is CC(C)NC(=O)[C@@H]1CN2CC[C@H]1C[C@@H]2Cn1cc(-c2ccccc2)nn1. The summed E-state index contributed by atoms with van der Waals surface area (Å²) >= 11 is 0. The number of piperidine rings is 3. The van der Waals surface area contributed by atoms with Gasteiger partial charge in [-0.15, -0.1) is 5.10 Å². The molecule has 4 heterocycles. The van der Waals surface area contributed by atoms with Crippen LogP contribution in [0.3, 0.4) is 0 Å². The van der Waals surface area contributed by atoms with Crippen molar-refractivity contribution >= 4 is 5.91 Å². The number of carbonyl (C=O) groups is 1. The zero-order chi connectivity index (χ0) is 18.1. The van der Waals surface area contributed by atoms with Crippen LogP contribution in [0, 0.1) is 11.8 Å². The number of hydrogen-bond donors (Lipinski definition) is 1. The van der Waals surface area contributed by atoms with E-state index in [2.05, 4.69) is 32.7 Å². The van der Waals surface area contributed by atoms with E-state index < -0.39 is 0 Å². The Morgan fingerprint density at radius 2 is 2.12 bits per heavy atom. The molecule has 6 heteroatoms. The molecule has 3 saturated heterocycles. The highest BCUT2D eigenvalue weighted by molar-refractivity contribution is 5.79. The molecule has 4 atom stereocenters. The average Bonchev–Trinajstić information content (AvgIpc) is 3.11. The van der Waals surface area contributed by atoms with Gasteiger partial charge in [0, 0.05) is 24.2 Å². The second kappa shape index (κ2) is 7.19. The van der Waals surface area contributed by atoms with E-state index in [0.717, 1.165) is 43.7 Å². The normalized spacial score (nSPS) is 27.7. The number of hydrogen-bond acceptors (Lipinski definition) is 4. The highest BCUT2D eigenvalue weighted by Crippen LogP contribution is 2.37. The molecule has 3 aliphatic rings. The first-order valence-corrected chi connectivity index (χ1v) is 9.60. The molecule has 0 spiro atoms. The second-order valence-corrected chi connectivity index (χ2v) is 7.89. The molecular formula is C20H27N5O. The predicted molar refractivity (Wildman–Crippen MR) is 100 cm³/mol. The molecule has 0 aliphatic carbocycles. The minimum Gasteiger partial charge on any atom is -0.354 e. The van der Waals surface area contributed by atoms with E-state index in [-0.39, 0.29) is 17.9 Å². The van der Waals surface area contributed by atoms with E-state index in [1.54, 1.807) is 0 Å². The Kier molecular flexibility index (Phi) is 4.76. The molecule has 5 rings (SSSR count). The molecule has 0 radical (unpaired) electrons. The molecule has 138 valence electrons. The smallest absolute Gasteiger partial charge is 0.224 e. The van der Waals surface area contributed by atoms with Crippen molar-refractivity contribution in [3.63, 3.8) is 0 Å². The zero-order valence-corrected chi connectivity index (χ0v) is 15.5. The molecular weight excluding hydrogens is 326 g/mol. The lowest BCUT2D eigenvalue weighted by atomic mass is 9.75. The Hall–Kier alpha value is -2.21. The van der Waals surface area contributed by atoms with Gasteiger partial charge in [0.05, 0.1) is 18.7 Å². The van der Waals surface area contributed by atoms with Crippen LogP contribution in [0.25, 0.3) is 11.3 Å². The standard InChI is InChI=1S/C20H27N5O/c1-14(2)21-20(26)18-12-24-9-8-16(18)10-17(24)11-25-13-19(22-23-25)15-6-4-3-5-7-15/h3-7,13-14,16-18H,8-12H2,1-2H3,(H,21,26)/t16-,17+,18+/m0/s1. The van der Waals surface area contributed by atoms with Crippen molar-refractivity contribution in [3.05, 3.63) is 36.5 Å². The van der Waals surface area contributed by atoms with Crippen LogP contribution < -0.4 is 5.32 Å². The van der Waals surface area contributed by atoms with Crippen molar-refractivity contribution in [2.45, 2.75) is 45.3 Å². The van der Waals surface area contributed by atoms with Gasteiger partial charge in [0.15, 0.2) is 0 Å². The van der Waals surface area contributed by atoms with Crippen molar-refractivity contribution in [1.29, 1.82) is 0 Å². The maximum absolute atomic E-state index is 12.5. The fraction of sp³-hybridized carbons (Fsp3) is 0.550. The summed E-state index contributed by atoms with van der Waals surface area (Å²) in [5.74, 6) is 0.846. The Balaban J connectivity index is 1.40. The largest absolute Gasteiger partial charge is 0.354 e. The molecule has 3 fully saturated rings. The minimum absolute atomic E-state index is 0.137. The Morgan fingerprint density at radius 3 is 2.81 bits per heavy atom. The first-order valence-electron chi connectivity index (χ1n) is 9.60. The maximum atomic E-state index is 12.5. The first-order chi connectivity index (χ1) is 12.6. The van der Waals surface area contributed by atoms with Crippen molar-refractivity contribution in [2.24, 2.45) is 11.8 Å². The molecule has 1 unspecified atom stereocenters. The molecule has 1 aromatic heterocycles. The van der Waals surface area contributed by atoms with Crippen LogP contribution in [0.1, 0.15) is 26.7 Å². The molecule has 1 amide bonds. The molecule has 2 aromatic rings. The van der Waals surface area contributed by atoms with Crippen LogP contribution in [0.15, 0.2) is 36.5 Å². The molecule has 0 saturated carbocycles. The van der Waals surface area contributed by atoms with Gasteiger partial charge in [0.2, 0.25) is 5.91 Å². The van der Waals surface area contributed by atoms with Gasteiger partial charge in [0.25, 0.3) is 0 Å². The monoisotopic (exact) mass is 353 g/mol. The zero-order valence-electron chi connectivity index (χ0n) is 15.5. The van der Waals surface area contributed by atoms with Gasteiger partial charge in [-0.25, -0.2) is 0 Å². The van der Waals surface area contributed by atoms with E-state index in [0.29, 0.717) is 12.0 Å². The van der Waals surface area contributed by atoms with Gasteiger partial charge >= 0.3 is 0 Å². The summed E-state index contributed by atoms with van der Waals surface area (Å²) in [5, 5.41) is 11.7. The summed E-state index contributed by atoms with van der Waals surface area (Å²) in [6.07, 6.45) is 4.22. The van der Waals surface area contributed by atoms with Crippen molar-refractivity contribution in [2.75, 3.05) is 13.1 Å². The van der Waals surface area contributed by atoms with Crippen molar-refractivity contribution in [3.8, 4) is 11.3 Å². The lowest BCUT2D eigenvalue weighted by Crippen LogP contribution is -2.58. The van der Waals surface area contributed by atoms with E-state index >= 15 is 0 Å². The van der Waals surface area contributed by atoms with Crippen LogP contribution in [0.4, 0.5) is 0 Å². The second-order valence-electron chi connectivity index (χ2n) is 7.89. The number of benzene rings is 1. The minimum atomic E-state index is 0.137. The maximum Gasteiger partial charge on any atom is 0.224 e. The van der Waals surface area contributed by atoms with Crippen LogP contribution in [-0.2, 0) is 11.3 Å². The molecule has 26 heavy (non-hydrogen) atoms. The lowest BCUT2D eigenvalue weighted by Gasteiger charge is -2.49. The summed E-state index contributed by atoms with van der Waals surface area (Å²) in [6.45, 7) is 6.85. The number of carbonyl (C=O) groups excluding carboxylic acids is 1. The molecule has 3 aliphatic heterocycles. The molecule has 2 bridgehead atoms. The Labute approximate surface area is 154 Å². The van der Waals surface area contributed by atoms with Gasteiger partial charge in [-0.3, -0.25) is 14.4 Å². The summed E-state index contributed by atoms with van der Waals surface area (Å²) in [6, 6.07) is 10.8. The number of rotatable bonds is 5. The van der Waals surface area contributed by atoms with Gasteiger partial charge in [-0.2, -0.15) is 0 Å². The third-order valence-electron chi connectivity index (χ3n) is 5.65. The Bertz CT molecular complexity index is 757. The van der Waals surface area contributed by atoms with Gasteiger partial charge in [-0.1, -0.05) is 35.5 Å². The van der Waals surface area contributed by atoms with Gasteiger partial charge in [0.1, 0.15) is 5.69 Å². The summed E-state index contributed by atoms with van der Waals surface area (Å²) in [7, 11) is 0. The number of fused-ring (bicyclic) bond motifs is 3. The summed E-state index contributed by atoms with van der Waals surface area (Å²) in [4.78, 5) is 14.9. The van der Waals surface area contributed by atoms with Gasteiger partial charge < -0.3 is 5.32 Å². The van der Waals surface area contributed by atoms with E-state index in [1.807, 2.05) is 42.9 Å². The number of amides is 1. The fourth-order valence-corrected chi connectivity index (χ4v) is 4.36. The quantitative estimate of drug-likeness (QED) is 0.895. The van der Waals surface area contributed by atoms with Crippen LogP contribution in [0.5, 0.6) is 0 Å². The predicted octanol–water partition coefficient (Wildman–Crippen LogP) is 2.18. The highest BCUT2D eigenvalue weighted by atomic mass is 16.2. The molecule has 1 N–H and O–H groups in total.